The zero-order valence-electron chi connectivity index (χ0n) is 25.6. The van der Waals surface area contributed by atoms with Gasteiger partial charge in [-0.1, -0.05) is 141 Å². The van der Waals surface area contributed by atoms with Crippen LogP contribution in [0.5, 0.6) is 0 Å². The molecule has 0 N–H and O–H groups in total. The molecule has 2 aromatic heterocycles. The number of nitrogens with zero attached hydrogens (tertiary/aromatic N) is 4. The van der Waals surface area contributed by atoms with E-state index >= 15 is 0 Å². The second-order valence-electron chi connectivity index (χ2n) is 12.5. The summed E-state index contributed by atoms with van der Waals surface area (Å²) in [7, 11) is 0. The van der Waals surface area contributed by atoms with Crippen LogP contribution >= 0.6 is 0 Å². The maximum absolute atomic E-state index is 5.02. The molecular formula is C42H30N4. The fraction of sp³-hybridized carbons (Fsp3) is 0.0714. The summed E-state index contributed by atoms with van der Waals surface area (Å²) < 4.78 is 2.44. The molecule has 0 unspecified atom stereocenters. The van der Waals surface area contributed by atoms with E-state index in [2.05, 4.69) is 103 Å². The van der Waals surface area contributed by atoms with E-state index in [0.29, 0.717) is 17.5 Å². The first-order valence-corrected chi connectivity index (χ1v) is 15.7. The molecular weight excluding hydrogens is 560 g/mol. The van der Waals surface area contributed by atoms with E-state index in [-0.39, 0.29) is 5.41 Å². The van der Waals surface area contributed by atoms with Crippen LogP contribution in [0.3, 0.4) is 0 Å². The highest BCUT2D eigenvalue weighted by Crippen LogP contribution is 2.52. The number of hydrogen-bond acceptors (Lipinski definition) is 3. The topological polar surface area (TPSA) is 43.6 Å². The van der Waals surface area contributed by atoms with E-state index in [1.165, 1.54) is 44.1 Å². The van der Waals surface area contributed by atoms with Crippen molar-refractivity contribution in [2.75, 3.05) is 0 Å². The van der Waals surface area contributed by atoms with Crippen molar-refractivity contribution in [3.05, 3.63) is 157 Å². The lowest BCUT2D eigenvalue weighted by Crippen LogP contribution is -2.16. The minimum Gasteiger partial charge on any atom is -0.309 e. The molecule has 4 nitrogen and oxygen atoms in total. The van der Waals surface area contributed by atoms with Crippen LogP contribution in [0.4, 0.5) is 0 Å². The van der Waals surface area contributed by atoms with Crippen LogP contribution in [0.15, 0.2) is 146 Å². The summed E-state index contributed by atoms with van der Waals surface area (Å²) >= 11 is 0. The fourth-order valence-electron chi connectivity index (χ4n) is 7.30. The first kappa shape index (κ1) is 26.5. The quantitative estimate of drug-likeness (QED) is 0.205. The zero-order valence-corrected chi connectivity index (χ0v) is 25.6. The molecule has 0 saturated carbocycles. The molecule has 0 radical (unpaired) electrons. The lowest BCUT2D eigenvalue weighted by molar-refractivity contribution is 0.664. The van der Waals surface area contributed by atoms with Crippen molar-refractivity contribution in [3.63, 3.8) is 0 Å². The largest absolute Gasteiger partial charge is 0.309 e. The number of benzene rings is 6. The van der Waals surface area contributed by atoms with Gasteiger partial charge in [0.1, 0.15) is 0 Å². The Morgan fingerprint density at radius 1 is 0.478 bits per heavy atom. The van der Waals surface area contributed by atoms with E-state index in [1.54, 1.807) is 0 Å². The van der Waals surface area contributed by atoms with Crippen LogP contribution in [0.1, 0.15) is 25.0 Å². The first-order chi connectivity index (χ1) is 22.6. The Morgan fingerprint density at radius 3 is 1.78 bits per heavy atom. The lowest BCUT2D eigenvalue weighted by Gasteiger charge is -2.23. The molecule has 8 aromatic rings. The van der Waals surface area contributed by atoms with Gasteiger partial charge in [0.15, 0.2) is 17.5 Å². The fourth-order valence-corrected chi connectivity index (χ4v) is 7.30. The predicted octanol–water partition coefficient (Wildman–Crippen LogP) is 10.3. The van der Waals surface area contributed by atoms with Gasteiger partial charge in [-0.15, -0.1) is 0 Å². The van der Waals surface area contributed by atoms with Gasteiger partial charge in [0.05, 0.1) is 11.0 Å². The van der Waals surface area contributed by atoms with E-state index in [1.807, 2.05) is 60.7 Å². The van der Waals surface area contributed by atoms with Gasteiger partial charge < -0.3 is 4.57 Å². The summed E-state index contributed by atoms with van der Waals surface area (Å²) in [5.74, 6) is 1.96. The smallest absolute Gasteiger partial charge is 0.164 e. The summed E-state index contributed by atoms with van der Waals surface area (Å²) in [6.07, 6.45) is 0. The summed E-state index contributed by atoms with van der Waals surface area (Å²) in [5, 5.41) is 2.51. The monoisotopic (exact) mass is 590 g/mol. The Hall–Kier alpha value is -5.87. The number of para-hydroxylation sites is 1. The predicted molar refractivity (Wildman–Crippen MR) is 188 cm³/mol. The summed E-state index contributed by atoms with van der Waals surface area (Å²) in [6, 6.07) is 51.1. The summed E-state index contributed by atoms with van der Waals surface area (Å²) in [4.78, 5) is 14.9. The second kappa shape index (κ2) is 10.1. The number of rotatable bonds is 4. The van der Waals surface area contributed by atoms with E-state index in [4.69, 9.17) is 15.0 Å². The van der Waals surface area contributed by atoms with Crippen molar-refractivity contribution in [3.8, 4) is 51.0 Å². The standard InChI is InChI=1S/C42H30N4/c1-42(2)35-22-11-9-20-31(35)33-24-25-34-32-21-10-12-23-36(32)46(38(34)37(33)42)30-19-13-18-29(26-30)41-44-39(27-14-5-3-6-15-27)43-40(45-41)28-16-7-4-8-17-28/h3-26H,1-2H3. The van der Waals surface area contributed by atoms with Gasteiger partial charge in [0, 0.05) is 38.6 Å². The van der Waals surface area contributed by atoms with E-state index in [9.17, 15) is 0 Å². The first-order valence-electron chi connectivity index (χ1n) is 15.7. The van der Waals surface area contributed by atoms with Crippen molar-refractivity contribution < 1.29 is 0 Å². The maximum atomic E-state index is 5.02. The van der Waals surface area contributed by atoms with Crippen LogP contribution < -0.4 is 0 Å². The van der Waals surface area contributed by atoms with Gasteiger partial charge in [-0.05, 0) is 40.5 Å². The van der Waals surface area contributed by atoms with Gasteiger partial charge in [0.25, 0.3) is 0 Å². The van der Waals surface area contributed by atoms with Gasteiger partial charge >= 0.3 is 0 Å². The SMILES string of the molecule is CC1(C)c2ccccc2-c2ccc3c4ccccc4n(-c4cccc(-c5nc(-c6ccccc6)nc(-c6ccccc6)n5)c4)c3c21. The zero-order chi connectivity index (χ0) is 30.8. The third-order valence-electron chi connectivity index (χ3n) is 9.41. The van der Waals surface area contributed by atoms with Crippen LogP contribution in [0.2, 0.25) is 0 Å². The Labute approximate surface area is 267 Å². The molecule has 0 fully saturated rings. The summed E-state index contributed by atoms with van der Waals surface area (Å²) in [5.41, 5.74) is 11.6. The average molecular weight is 591 g/mol. The van der Waals surface area contributed by atoms with Gasteiger partial charge in [-0.2, -0.15) is 0 Å². The number of fused-ring (bicyclic) bond motifs is 7. The molecule has 0 bridgehead atoms. The molecule has 218 valence electrons. The van der Waals surface area contributed by atoms with Crippen molar-refractivity contribution in [2.24, 2.45) is 0 Å². The number of hydrogen-bond donors (Lipinski definition) is 0. The van der Waals surface area contributed by atoms with Gasteiger partial charge in [-0.3, -0.25) is 0 Å². The molecule has 0 spiro atoms. The summed E-state index contributed by atoms with van der Waals surface area (Å²) in [6.45, 7) is 4.72. The van der Waals surface area contributed by atoms with E-state index in [0.717, 1.165) is 22.4 Å². The molecule has 9 rings (SSSR count). The number of aromatic nitrogens is 4. The average Bonchev–Trinajstić information content (AvgIpc) is 3.57. The van der Waals surface area contributed by atoms with Crippen LogP contribution in [-0.2, 0) is 5.41 Å². The molecule has 0 amide bonds. The van der Waals surface area contributed by atoms with E-state index < -0.39 is 0 Å². The Balaban J connectivity index is 1.30. The third kappa shape index (κ3) is 3.97. The molecule has 1 aliphatic carbocycles. The molecule has 0 aliphatic heterocycles. The molecule has 0 saturated heterocycles. The molecule has 6 aromatic carbocycles. The highest BCUT2D eigenvalue weighted by Gasteiger charge is 2.38. The van der Waals surface area contributed by atoms with Gasteiger partial charge in [0.2, 0.25) is 0 Å². The minimum absolute atomic E-state index is 0.154. The molecule has 46 heavy (non-hydrogen) atoms. The molecule has 4 heteroatoms. The van der Waals surface area contributed by atoms with Gasteiger partial charge in [-0.25, -0.2) is 15.0 Å². The molecule has 2 heterocycles. The third-order valence-corrected chi connectivity index (χ3v) is 9.41. The normalized spacial score (nSPS) is 13.2. The van der Waals surface area contributed by atoms with Crippen LogP contribution in [0, 0.1) is 0 Å². The second-order valence-corrected chi connectivity index (χ2v) is 12.5. The van der Waals surface area contributed by atoms with Crippen molar-refractivity contribution >= 4 is 21.8 Å². The minimum atomic E-state index is -0.154. The highest BCUT2D eigenvalue weighted by atomic mass is 15.0. The molecule has 0 atom stereocenters. The maximum Gasteiger partial charge on any atom is 0.164 e. The van der Waals surface area contributed by atoms with Crippen molar-refractivity contribution in [1.82, 2.24) is 19.5 Å². The van der Waals surface area contributed by atoms with Crippen LogP contribution in [0.25, 0.3) is 72.8 Å². The highest BCUT2D eigenvalue weighted by molar-refractivity contribution is 6.13. The Morgan fingerprint density at radius 2 is 1.07 bits per heavy atom. The van der Waals surface area contributed by atoms with Crippen molar-refractivity contribution in [2.45, 2.75) is 19.3 Å². The lowest BCUT2D eigenvalue weighted by atomic mass is 9.81. The molecule has 1 aliphatic rings. The Kier molecular flexibility index (Phi) is 5.81. The Bertz CT molecular complexity index is 2380. The van der Waals surface area contributed by atoms with Crippen LogP contribution in [-0.4, -0.2) is 19.5 Å². The van der Waals surface area contributed by atoms with Crippen molar-refractivity contribution in [1.29, 1.82) is 0 Å².